The minimum absolute atomic E-state index is 0.110. The number of nitrogens with zero attached hydrogens (tertiary/aromatic N) is 2. The third-order valence-electron chi connectivity index (χ3n) is 2.78. The Bertz CT molecular complexity index is 599. The second kappa shape index (κ2) is 6.65. The van der Waals surface area contributed by atoms with E-state index in [0.29, 0.717) is 0 Å². The number of hydrogen-bond donors (Lipinski definition) is 1. The highest BCUT2D eigenvalue weighted by molar-refractivity contribution is 5.92. The van der Waals surface area contributed by atoms with E-state index in [4.69, 9.17) is 4.74 Å². The topological polar surface area (TPSA) is 64.1 Å². The van der Waals surface area contributed by atoms with Gasteiger partial charge in [-0.15, -0.1) is 0 Å². The second-order valence-corrected chi connectivity index (χ2v) is 4.33. The maximum atomic E-state index is 11.8. The van der Waals surface area contributed by atoms with Crippen LogP contribution in [0.3, 0.4) is 0 Å². The van der Waals surface area contributed by atoms with Gasteiger partial charge in [0.2, 0.25) is 0 Å². The first-order valence-electron chi connectivity index (χ1n) is 6.49. The number of amides is 1. The van der Waals surface area contributed by atoms with Crippen molar-refractivity contribution in [2.24, 2.45) is 0 Å². The highest BCUT2D eigenvalue weighted by atomic mass is 16.5. The molecule has 1 amide bonds. The van der Waals surface area contributed by atoms with Crippen LogP contribution in [-0.2, 0) is 11.2 Å². The van der Waals surface area contributed by atoms with Crippen LogP contribution >= 0.6 is 0 Å². The summed E-state index contributed by atoms with van der Waals surface area (Å²) in [6.45, 7) is 3.77. The Hall–Kier alpha value is -2.43. The highest BCUT2D eigenvalue weighted by Gasteiger charge is 2.07. The average Bonchev–Trinajstić information content (AvgIpc) is 2.46. The molecule has 0 aliphatic carbocycles. The average molecular weight is 271 g/mol. The van der Waals surface area contributed by atoms with Crippen LogP contribution in [0.4, 0.5) is 5.69 Å². The van der Waals surface area contributed by atoms with E-state index in [9.17, 15) is 4.79 Å². The van der Waals surface area contributed by atoms with Crippen LogP contribution < -0.4 is 10.1 Å². The van der Waals surface area contributed by atoms with Gasteiger partial charge in [0, 0.05) is 17.6 Å². The molecule has 5 nitrogen and oxygen atoms in total. The smallest absolute Gasteiger partial charge is 0.317 e. The Morgan fingerprint density at radius 1 is 1.30 bits per heavy atom. The Morgan fingerprint density at radius 2 is 2.10 bits per heavy atom. The van der Waals surface area contributed by atoms with Crippen molar-refractivity contribution in [2.75, 3.05) is 11.9 Å². The summed E-state index contributed by atoms with van der Waals surface area (Å²) in [6, 6.07) is 9.68. The Labute approximate surface area is 118 Å². The van der Waals surface area contributed by atoms with Crippen molar-refractivity contribution in [3.8, 4) is 6.01 Å². The first-order chi connectivity index (χ1) is 9.69. The minimum atomic E-state index is -0.226. The quantitative estimate of drug-likeness (QED) is 0.906. The predicted octanol–water partition coefficient (Wildman–Crippen LogP) is 2.36. The van der Waals surface area contributed by atoms with Crippen LogP contribution in [0.25, 0.3) is 0 Å². The van der Waals surface area contributed by atoms with Crippen molar-refractivity contribution in [1.82, 2.24) is 9.97 Å². The van der Waals surface area contributed by atoms with E-state index < -0.39 is 0 Å². The Kier molecular flexibility index (Phi) is 4.65. The van der Waals surface area contributed by atoms with Gasteiger partial charge in [0.25, 0.3) is 5.91 Å². The largest absolute Gasteiger partial charge is 0.453 e. The number of anilines is 1. The zero-order valence-corrected chi connectivity index (χ0v) is 11.6. The number of ether oxygens (including phenoxy) is 1. The molecule has 0 saturated carbocycles. The molecule has 0 unspecified atom stereocenters. The van der Waals surface area contributed by atoms with Crippen molar-refractivity contribution in [1.29, 1.82) is 0 Å². The molecule has 20 heavy (non-hydrogen) atoms. The third kappa shape index (κ3) is 3.78. The fraction of sp³-hybridized carbons (Fsp3) is 0.267. The predicted molar refractivity (Wildman–Crippen MR) is 76.7 cm³/mol. The molecule has 1 heterocycles. The summed E-state index contributed by atoms with van der Waals surface area (Å²) in [5.41, 5.74) is 2.70. The van der Waals surface area contributed by atoms with E-state index in [1.54, 1.807) is 12.3 Å². The van der Waals surface area contributed by atoms with E-state index in [0.717, 1.165) is 23.4 Å². The number of carbonyl (C=O) groups excluding carboxylic acids is 1. The molecule has 0 aliphatic heterocycles. The Morgan fingerprint density at radius 3 is 2.85 bits per heavy atom. The van der Waals surface area contributed by atoms with Crippen molar-refractivity contribution in [3.63, 3.8) is 0 Å². The fourth-order valence-corrected chi connectivity index (χ4v) is 1.76. The van der Waals surface area contributed by atoms with Crippen LogP contribution in [0, 0.1) is 6.92 Å². The van der Waals surface area contributed by atoms with Gasteiger partial charge in [0.15, 0.2) is 6.61 Å². The number of aromatic nitrogens is 2. The molecule has 0 spiro atoms. The number of hydrogen-bond acceptors (Lipinski definition) is 4. The summed E-state index contributed by atoms with van der Waals surface area (Å²) in [6.07, 6.45) is 2.46. The molecule has 0 fully saturated rings. The molecule has 0 radical (unpaired) electrons. The van der Waals surface area contributed by atoms with Crippen LogP contribution in [0.15, 0.2) is 36.5 Å². The molecule has 104 valence electrons. The molecular formula is C15H17N3O2. The lowest BCUT2D eigenvalue weighted by molar-refractivity contribution is -0.118. The van der Waals surface area contributed by atoms with Gasteiger partial charge in [-0.05, 0) is 31.0 Å². The summed E-state index contributed by atoms with van der Waals surface area (Å²) in [5, 5.41) is 2.83. The summed E-state index contributed by atoms with van der Waals surface area (Å²) < 4.78 is 5.26. The molecular weight excluding hydrogens is 254 g/mol. The minimum Gasteiger partial charge on any atom is -0.453 e. The Balaban J connectivity index is 1.93. The lowest BCUT2D eigenvalue weighted by Gasteiger charge is -2.09. The number of nitrogens with one attached hydrogen (secondary N) is 1. The van der Waals surface area contributed by atoms with Crippen molar-refractivity contribution >= 4 is 11.6 Å². The zero-order valence-electron chi connectivity index (χ0n) is 11.6. The number of carbonyl (C=O) groups is 1. The number of rotatable bonds is 5. The monoisotopic (exact) mass is 271 g/mol. The van der Waals surface area contributed by atoms with Gasteiger partial charge >= 0.3 is 6.01 Å². The fourth-order valence-electron chi connectivity index (χ4n) is 1.76. The summed E-state index contributed by atoms with van der Waals surface area (Å²) in [7, 11) is 0. The number of para-hydroxylation sites is 1. The van der Waals surface area contributed by atoms with E-state index in [-0.39, 0.29) is 18.5 Å². The molecule has 1 N–H and O–H groups in total. The van der Waals surface area contributed by atoms with Gasteiger partial charge in [-0.1, -0.05) is 25.1 Å². The molecule has 1 aromatic heterocycles. The van der Waals surface area contributed by atoms with Crippen molar-refractivity contribution in [2.45, 2.75) is 20.3 Å². The van der Waals surface area contributed by atoms with Crippen molar-refractivity contribution < 1.29 is 9.53 Å². The number of benzene rings is 1. The molecule has 5 heteroatoms. The van der Waals surface area contributed by atoms with Gasteiger partial charge in [-0.3, -0.25) is 4.79 Å². The van der Waals surface area contributed by atoms with Crippen LogP contribution in [0.2, 0.25) is 0 Å². The van der Waals surface area contributed by atoms with Gasteiger partial charge in [0.1, 0.15) is 0 Å². The van der Waals surface area contributed by atoms with Gasteiger partial charge < -0.3 is 10.1 Å². The molecule has 0 atom stereocenters. The second-order valence-electron chi connectivity index (χ2n) is 4.33. The molecule has 0 aliphatic rings. The summed E-state index contributed by atoms with van der Waals surface area (Å²) in [5.74, 6) is -0.226. The first-order valence-corrected chi connectivity index (χ1v) is 6.49. The molecule has 0 bridgehead atoms. The summed E-state index contributed by atoms with van der Waals surface area (Å²) >= 11 is 0. The van der Waals surface area contributed by atoms with Gasteiger partial charge in [-0.2, -0.15) is 0 Å². The lowest BCUT2D eigenvalue weighted by atomic mass is 10.1. The highest BCUT2D eigenvalue weighted by Crippen LogP contribution is 2.15. The van der Waals surface area contributed by atoms with E-state index in [1.807, 2.05) is 38.1 Å². The van der Waals surface area contributed by atoms with E-state index in [1.165, 1.54) is 0 Å². The summed E-state index contributed by atoms with van der Waals surface area (Å²) in [4.78, 5) is 19.9. The first kappa shape index (κ1) is 14.0. The van der Waals surface area contributed by atoms with E-state index in [2.05, 4.69) is 15.3 Å². The van der Waals surface area contributed by atoms with Crippen LogP contribution in [0.5, 0.6) is 6.01 Å². The van der Waals surface area contributed by atoms with Gasteiger partial charge in [-0.25, -0.2) is 9.97 Å². The third-order valence-corrected chi connectivity index (χ3v) is 2.78. The standard InChI is InChI=1S/C15H17N3O2/c1-3-12-6-4-5-7-13(12)18-14(19)10-20-15-16-9-8-11(2)17-15/h4-9H,3,10H2,1-2H3,(H,18,19). The maximum Gasteiger partial charge on any atom is 0.317 e. The van der Waals surface area contributed by atoms with Gasteiger partial charge in [0.05, 0.1) is 0 Å². The molecule has 0 saturated heterocycles. The lowest BCUT2D eigenvalue weighted by Crippen LogP contribution is -2.21. The van der Waals surface area contributed by atoms with Crippen molar-refractivity contribution in [3.05, 3.63) is 47.8 Å². The molecule has 2 aromatic rings. The SMILES string of the molecule is CCc1ccccc1NC(=O)COc1nccc(C)n1. The number of aryl methyl sites for hydroxylation is 2. The maximum absolute atomic E-state index is 11.8. The van der Waals surface area contributed by atoms with E-state index >= 15 is 0 Å². The normalized spacial score (nSPS) is 10.1. The molecule has 2 rings (SSSR count). The molecule has 1 aromatic carbocycles. The van der Waals surface area contributed by atoms with Crippen LogP contribution in [-0.4, -0.2) is 22.5 Å². The van der Waals surface area contributed by atoms with Crippen LogP contribution in [0.1, 0.15) is 18.2 Å². The zero-order chi connectivity index (χ0) is 14.4.